The fraction of sp³-hybridized carbons (Fsp3) is 0.300. The quantitative estimate of drug-likeness (QED) is 0.216. The molecule has 0 bridgehead atoms. The maximum Gasteiger partial charge on any atom is 0.274 e. The predicted octanol–water partition coefficient (Wildman–Crippen LogP) is 1.92. The molecule has 1 fully saturated rings. The van der Waals surface area contributed by atoms with Gasteiger partial charge in [0, 0.05) is 72.1 Å². The molecule has 4 amide bonds. The van der Waals surface area contributed by atoms with Crippen LogP contribution in [0.15, 0.2) is 61.2 Å². The monoisotopic (exact) mass is 601 g/mol. The van der Waals surface area contributed by atoms with Crippen molar-refractivity contribution in [2.24, 2.45) is 21.1 Å². The van der Waals surface area contributed by atoms with Crippen LogP contribution in [0, 0.1) is 0 Å². The van der Waals surface area contributed by atoms with E-state index in [0.717, 1.165) is 19.6 Å². The standard InChI is InChI=1S/C30H35N9O5/c1-36-18-21(14-24(36)28(41)32-8-9-39-10-12-44-13-11-39)34-30(43)26-16-22(19-38(26)3)35-29(42)25-15-20(17-37(25)2)33-27(40)23-6-4-5-7-31-23/h4-7,14-19H,8-13H2,1-3H3,(H,32,41)(H,33,40)(H,34,43)(H,35,42). The summed E-state index contributed by atoms with van der Waals surface area (Å²) in [6, 6.07) is 9.75. The minimum Gasteiger partial charge on any atom is -0.379 e. The number of hydrogen-bond acceptors (Lipinski definition) is 7. The van der Waals surface area contributed by atoms with Gasteiger partial charge in [0.2, 0.25) is 0 Å². The number of carbonyl (C=O) groups excluding carboxylic acids is 4. The molecule has 4 aromatic heterocycles. The van der Waals surface area contributed by atoms with Crippen LogP contribution in [0.25, 0.3) is 0 Å². The number of morpholine rings is 1. The molecule has 44 heavy (non-hydrogen) atoms. The number of aromatic nitrogens is 4. The fourth-order valence-electron chi connectivity index (χ4n) is 4.90. The first kappa shape index (κ1) is 30.3. The van der Waals surface area contributed by atoms with Crippen molar-refractivity contribution in [1.82, 2.24) is 28.9 Å². The molecule has 5 heterocycles. The van der Waals surface area contributed by atoms with E-state index in [0.29, 0.717) is 53.9 Å². The molecule has 0 atom stereocenters. The summed E-state index contributed by atoms with van der Waals surface area (Å²) < 4.78 is 10.2. The summed E-state index contributed by atoms with van der Waals surface area (Å²) >= 11 is 0. The molecule has 0 radical (unpaired) electrons. The molecule has 230 valence electrons. The van der Waals surface area contributed by atoms with Crippen molar-refractivity contribution < 1.29 is 23.9 Å². The maximum absolute atomic E-state index is 13.1. The Morgan fingerprint density at radius 2 is 1.23 bits per heavy atom. The number of hydrogen-bond donors (Lipinski definition) is 4. The lowest BCUT2D eigenvalue weighted by Gasteiger charge is -2.26. The van der Waals surface area contributed by atoms with Crippen LogP contribution in [-0.4, -0.2) is 86.6 Å². The van der Waals surface area contributed by atoms with E-state index in [9.17, 15) is 19.2 Å². The van der Waals surface area contributed by atoms with Crippen molar-refractivity contribution in [3.05, 3.63) is 84.0 Å². The first-order valence-electron chi connectivity index (χ1n) is 14.1. The highest BCUT2D eigenvalue weighted by molar-refractivity contribution is 6.08. The smallest absolute Gasteiger partial charge is 0.274 e. The maximum atomic E-state index is 13.1. The molecular weight excluding hydrogens is 566 g/mol. The van der Waals surface area contributed by atoms with Crippen LogP contribution < -0.4 is 21.3 Å². The van der Waals surface area contributed by atoms with Gasteiger partial charge in [-0.2, -0.15) is 0 Å². The van der Waals surface area contributed by atoms with Gasteiger partial charge in [-0.15, -0.1) is 0 Å². The summed E-state index contributed by atoms with van der Waals surface area (Å²) in [5.41, 5.74) is 2.59. The third-order valence-electron chi connectivity index (χ3n) is 7.20. The Hall–Kier alpha value is -5.21. The molecule has 1 saturated heterocycles. The van der Waals surface area contributed by atoms with E-state index < -0.39 is 17.7 Å². The molecule has 0 aromatic carbocycles. The summed E-state index contributed by atoms with van der Waals surface area (Å²) in [6.07, 6.45) is 6.44. The fourth-order valence-corrected chi connectivity index (χ4v) is 4.90. The van der Waals surface area contributed by atoms with E-state index in [1.54, 1.807) is 89.8 Å². The highest BCUT2D eigenvalue weighted by Crippen LogP contribution is 2.20. The highest BCUT2D eigenvalue weighted by atomic mass is 16.5. The first-order chi connectivity index (χ1) is 21.2. The van der Waals surface area contributed by atoms with Gasteiger partial charge in [0.1, 0.15) is 22.8 Å². The van der Waals surface area contributed by atoms with Crippen LogP contribution in [0.3, 0.4) is 0 Å². The largest absolute Gasteiger partial charge is 0.379 e. The van der Waals surface area contributed by atoms with E-state index in [4.69, 9.17) is 4.74 Å². The van der Waals surface area contributed by atoms with Gasteiger partial charge < -0.3 is 39.7 Å². The van der Waals surface area contributed by atoms with Gasteiger partial charge >= 0.3 is 0 Å². The molecule has 14 heteroatoms. The molecule has 4 N–H and O–H groups in total. The SMILES string of the molecule is Cn1cc(NC(=O)c2cc(NC(=O)c3cc(NC(=O)c4ccccn4)cn3C)cn2C)cc1C(=O)NCCN1CCOCC1. The Morgan fingerprint density at radius 3 is 1.73 bits per heavy atom. The number of rotatable bonds is 10. The molecule has 14 nitrogen and oxygen atoms in total. The van der Waals surface area contributed by atoms with Gasteiger partial charge in [-0.1, -0.05) is 6.07 Å². The van der Waals surface area contributed by atoms with Crippen molar-refractivity contribution in [2.45, 2.75) is 0 Å². The number of carbonyl (C=O) groups is 4. The molecule has 0 unspecified atom stereocenters. The summed E-state index contributed by atoms with van der Waals surface area (Å²) in [4.78, 5) is 57.6. The zero-order valence-corrected chi connectivity index (χ0v) is 24.8. The molecular formula is C30H35N9O5. The van der Waals surface area contributed by atoms with Crippen LogP contribution in [0.2, 0.25) is 0 Å². The molecule has 4 aromatic rings. The van der Waals surface area contributed by atoms with Crippen LogP contribution in [0.5, 0.6) is 0 Å². The van der Waals surface area contributed by atoms with Crippen LogP contribution in [0.4, 0.5) is 17.1 Å². The Morgan fingerprint density at radius 1 is 0.727 bits per heavy atom. The van der Waals surface area contributed by atoms with Gasteiger partial charge in [0.05, 0.1) is 30.3 Å². The van der Waals surface area contributed by atoms with Crippen LogP contribution >= 0.6 is 0 Å². The molecule has 1 aliphatic rings. The van der Waals surface area contributed by atoms with Gasteiger partial charge in [0.15, 0.2) is 0 Å². The van der Waals surface area contributed by atoms with Crippen molar-refractivity contribution >= 4 is 40.7 Å². The zero-order valence-electron chi connectivity index (χ0n) is 24.8. The van der Waals surface area contributed by atoms with Gasteiger partial charge in [0.25, 0.3) is 23.6 Å². The number of pyridine rings is 1. The minimum atomic E-state index is -0.421. The normalized spacial score (nSPS) is 13.3. The van der Waals surface area contributed by atoms with Crippen molar-refractivity contribution in [1.29, 1.82) is 0 Å². The number of amides is 4. The lowest BCUT2D eigenvalue weighted by atomic mass is 10.3. The Kier molecular flexibility index (Phi) is 9.21. The number of ether oxygens (including phenoxy) is 1. The summed E-state index contributed by atoms with van der Waals surface area (Å²) in [7, 11) is 5.12. The summed E-state index contributed by atoms with van der Waals surface area (Å²) in [5.74, 6) is -1.45. The van der Waals surface area contributed by atoms with E-state index in [2.05, 4.69) is 31.2 Å². The third kappa shape index (κ3) is 7.22. The predicted molar refractivity (Wildman–Crippen MR) is 164 cm³/mol. The first-order valence-corrected chi connectivity index (χ1v) is 14.1. The number of aryl methyl sites for hydroxylation is 3. The van der Waals surface area contributed by atoms with Crippen molar-refractivity contribution in [3.63, 3.8) is 0 Å². The average molecular weight is 602 g/mol. The molecule has 5 rings (SSSR count). The van der Waals surface area contributed by atoms with Crippen molar-refractivity contribution in [2.75, 3.05) is 55.3 Å². The Bertz CT molecular complexity index is 1660. The van der Waals surface area contributed by atoms with Crippen molar-refractivity contribution in [3.8, 4) is 0 Å². The van der Waals surface area contributed by atoms with Crippen LogP contribution in [-0.2, 0) is 25.9 Å². The molecule has 0 spiro atoms. The second kappa shape index (κ2) is 13.4. The minimum absolute atomic E-state index is 0.231. The number of nitrogens with zero attached hydrogens (tertiary/aromatic N) is 5. The lowest BCUT2D eigenvalue weighted by molar-refractivity contribution is 0.0383. The van der Waals surface area contributed by atoms with E-state index in [1.807, 2.05) is 0 Å². The third-order valence-corrected chi connectivity index (χ3v) is 7.20. The molecule has 0 saturated carbocycles. The van der Waals surface area contributed by atoms with E-state index in [-0.39, 0.29) is 11.6 Å². The molecule has 1 aliphatic heterocycles. The van der Waals surface area contributed by atoms with Crippen LogP contribution in [0.1, 0.15) is 42.0 Å². The second-order valence-electron chi connectivity index (χ2n) is 10.5. The number of anilines is 3. The highest BCUT2D eigenvalue weighted by Gasteiger charge is 2.19. The second-order valence-corrected chi connectivity index (χ2v) is 10.5. The summed E-state index contributed by atoms with van der Waals surface area (Å²) in [6.45, 7) is 4.34. The average Bonchev–Trinajstić information content (AvgIpc) is 3.69. The zero-order chi connectivity index (χ0) is 31.2. The topological polar surface area (TPSA) is 157 Å². The van der Waals surface area contributed by atoms with E-state index >= 15 is 0 Å². The molecule has 0 aliphatic carbocycles. The number of nitrogens with one attached hydrogen (secondary N) is 4. The Labute approximate surface area is 254 Å². The van der Waals surface area contributed by atoms with Gasteiger partial charge in [-0.25, -0.2) is 0 Å². The summed E-state index contributed by atoms with van der Waals surface area (Å²) in [5, 5.41) is 11.3. The van der Waals surface area contributed by atoms with Gasteiger partial charge in [-0.05, 0) is 30.3 Å². The Balaban J connectivity index is 1.17. The lowest BCUT2D eigenvalue weighted by Crippen LogP contribution is -2.41. The van der Waals surface area contributed by atoms with Gasteiger partial charge in [-0.3, -0.25) is 29.1 Å². The van der Waals surface area contributed by atoms with E-state index in [1.165, 1.54) is 6.20 Å².